The maximum Gasteiger partial charge on any atom is 0.0967 e. The van der Waals surface area contributed by atoms with E-state index in [1.165, 1.54) is 64.7 Å². The van der Waals surface area contributed by atoms with Gasteiger partial charge in [0.15, 0.2) is 0 Å². The molecule has 112 valence electrons. The Labute approximate surface area is 123 Å². The van der Waals surface area contributed by atoms with Gasteiger partial charge in [0.25, 0.3) is 0 Å². The van der Waals surface area contributed by atoms with Gasteiger partial charge in [0.05, 0.1) is 12.1 Å². The molecule has 0 aromatic heterocycles. The minimum atomic E-state index is 0.0662. The molecule has 3 rings (SSSR count). The molecule has 2 heterocycles. The highest BCUT2D eigenvalue weighted by Crippen LogP contribution is 2.22. The highest BCUT2D eigenvalue weighted by atomic mass is 15.3. The van der Waals surface area contributed by atoms with Crippen LogP contribution in [0.4, 0.5) is 0 Å². The van der Waals surface area contributed by atoms with E-state index in [-0.39, 0.29) is 6.04 Å². The molecule has 2 atom stereocenters. The molecule has 2 unspecified atom stereocenters. The van der Waals surface area contributed by atoms with Crippen molar-refractivity contribution in [2.75, 3.05) is 32.7 Å². The lowest BCUT2D eigenvalue weighted by Crippen LogP contribution is -2.41. The van der Waals surface area contributed by atoms with Crippen LogP contribution >= 0.6 is 0 Å². The minimum absolute atomic E-state index is 0.0662. The summed E-state index contributed by atoms with van der Waals surface area (Å²) in [5.41, 5.74) is 0. The number of nitrogens with zero attached hydrogens (tertiary/aromatic N) is 3. The molecule has 0 aromatic rings. The number of likely N-dealkylation sites (tertiary alicyclic amines) is 2. The van der Waals surface area contributed by atoms with Crippen LogP contribution in [0.5, 0.6) is 0 Å². The zero-order chi connectivity index (χ0) is 13.8. The van der Waals surface area contributed by atoms with Crippen LogP contribution in [0.25, 0.3) is 0 Å². The summed E-state index contributed by atoms with van der Waals surface area (Å²) in [7, 11) is 0. The molecule has 1 saturated carbocycles. The van der Waals surface area contributed by atoms with E-state index in [1.807, 2.05) is 0 Å². The summed E-state index contributed by atoms with van der Waals surface area (Å²) >= 11 is 0. The summed E-state index contributed by atoms with van der Waals surface area (Å²) in [5, 5.41) is 12.6. The first-order chi connectivity index (χ1) is 9.85. The van der Waals surface area contributed by atoms with Crippen molar-refractivity contribution in [2.24, 2.45) is 0 Å². The summed E-state index contributed by atoms with van der Waals surface area (Å²) in [6.07, 6.45) is 9.03. The van der Waals surface area contributed by atoms with E-state index in [0.29, 0.717) is 6.04 Å². The molecule has 3 aliphatic rings. The van der Waals surface area contributed by atoms with Crippen molar-refractivity contribution in [1.29, 1.82) is 5.26 Å². The molecular weight excluding hydrogens is 248 g/mol. The lowest BCUT2D eigenvalue weighted by Gasteiger charge is -2.32. The van der Waals surface area contributed by atoms with E-state index in [9.17, 15) is 5.26 Å². The van der Waals surface area contributed by atoms with Crippen LogP contribution in [0.3, 0.4) is 0 Å². The Kier molecular flexibility index (Phi) is 4.93. The Morgan fingerprint density at radius 1 is 1.10 bits per heavy atom. The van der Waals surface area contributed by atoms with Gasteiger partial charge in [0, 0.05) is 25.2 Å². The first-order valence-electron chi connectivity index (χ1n) is 8.47. The molecule has 0 amide bonds. The van der Waals surface area contributed by atoms with Crippen LogP contribution in [0.2, 0.25) is 0 Å². The van der Waals surface area contributed by atoms with Gasteiger partial charge >= 0.3 is 0 Å². The van der Waals surface area contributed by atoms with Crippen LogP contribution in [0, 0.1) is 11.3 Å². The molecule has 1 N–H and O–H groups in total. The van der Waals surface area contributed by atoms with Gasteiger partial charge in [-0.1, -0.05) is 6.42 Å². The number of rotatable bonds is 6. The Balaban J connectivity index is 1.37. The van der Waals surface area contributed by atoms with E-state index in [4.69, 9.17) is 0 Å². The van der Waals surface area contributed by atoms with Crippen LogP contribution in [-0.4, -0.2) is 60.6 Å². The molecule has 4 heteroatoms. The first kappa shape index (κ1) is 14.3. The molecule has 0 bridgehead atoms. The SMILES string of the molecule is N#CC(CCN1CCC(N2CCCCC2)C1)NC1CC1. The minimum Gasteiger partial charge on any atom is -0.302 e. The molecule has 0 radical (unpaired) electrons. The van der Waals surface area contributed by atoms with Crippen molar-refractivity contribution in [1.82, 2.24) is 15.1 Å². The van der Waals surface area contributed by atoms with Gasteiger partial charge in [0.2, 0.25) is 0 Å². The van der Waals surface area contributed by atoms with E-state index < -0.39 is 0 Å². The largest absolute Gasteiger partial charge is 0.302 e. The van der Waals surface area contributed by atoms with E-state index in [1.54, 1.807) is 0 Å². The van der Waals surface area contributed by atoms with Crippen molar-refractivity contribution in [2.45, 2.75) is 63.1 Å². The summed E-state index contributed by atoms with van der Waals surface area (Å²) in [6, 6.07) is 3.91. The average Bonchev–Trinajstić information content (AvgIpc) is 3.19. The smallest absolute Gasteiger partial charge is 0.0967 e. The van der Waals surface area contributed by atoms with Crippen molar-refractivity contribution in [3.63, 3.8) is 0 Å². The number of piperidine rings is 1. The van der Waals surface area contributed by atoms with Gasteiger partial charge in [-0.3, -0.25) is 10.2 Å². The second-order valence-electron chi connectivity index (χ2n) is 6.75. The quantitative estimate of drug-likeness (QED) is 0.800. The van der Waals surface area contributed by atoms with Crippen molar-refractivity contribution in [3.8, 4) is 6.07 Å². The van der Waals surface area contributed by atoms with Gasteiger partial charge in [0.1, 0.15) is 0 Å². The molecule has 0 spiro atoms. The molecule has 0 aromatic carbocycles. The predicted octanol–water partition coefficient (Wildman–Crippen LogP) is 1.58. The zero-order valence-electron chi connectivity index (χ0n) is 12.6. The fraction of sp³-hybridized carbons (Fsp3) is 0.938. The normalized spacial score (nSPS) is 30.2. The number of nitrogens with one attached hydrogen (secondary N) is 1. The molecular formula is C16H28N4. The van der Waals surface area contributed by atoms with Gasteiger partial charge in [-0.05, 0) is 58.2 Å². The standard InChI is InChI=1S/C16H28N4/c17-12-15(18-14-4-5-14)6-10-19-11-7-16(13-19)20-8-2-1-3-9-20/h14-16,18H,1-11,13H2. The third-order valence-electron chi connectivity index (χ3n) is 5.06. The summed E-state index contributed by atoms with van der Waals surface area (Å²) in [4.78, 5) is 5.27. The second kappa shape index (κ2) is 6.89. The van der Waals surface area contributed by atoms with Gasteiger partial charge in [-0.25, -0.2) is 0 Å². The fourth-order valence-corrected chi connectivity index (χ4v) is 3.63. The summed E-state index contributed by atoms with van der Waals surface area (Å²) < 4.78 is 0. The number of nitriles is 1. The first-order valence-corrected chi connectivity index (χ1v) is 8.47. The summed E-state index contributed by atoms with van der Waals surface area (Å²) in [5.74, 6) is 0. The predicted molar refractivity (Wildman–Crippen MR) is 80.4 cm³/mol. The fourth-order valence-electron chi connectivity index (χ4n) is 3.63. The zero-order valence-corrected chi connectivity index (χ0v) is 12.6. The van der Waals surface area contributed by atoms with E-state index in [2.05, 4.69) is 21.2 Å². The number of hydrogen-bond acceptors (Lipinski definition) is 4. The topological polar surface area (TPSA) is 42.3 Å². The molecule has 3 fully saturated rings. The lowest BCUT2D eigenvalue weighted by molar-refractivity contribution is 0.161. The monoisotopic (exact) mass is 276 g/mol. The van der Waals surface area contributed by atoms with Gasteiger partial charge in [-0.15, -0.1) is 0 Å². The Morgan fingerprint density at radius 2 is 1.90 bits per heavy atom. The van der Waals surface area contributed by atoms with E-state index >= 15 is 0 Å². The van der Waals surface area contributed by atoms with Crippen LogP contribution < -0.4 is 5.32 Å². The Hall–Kier alpha value is -0.630. The second-order valence-corrected chi connectivity index (χ2v) is 6.75. The molecule has 2 aliphatic heterocycles. The molecule has 20 heavy (non-hydrogen) atoms. The average molecular weight is 276 g/mol. The van der Waals surface area contributed by atoms with Crippen molar-refractivity contribution < 1.29 is 0 Å². The van der Waals surface area contributed by atoms with Crippen molar-refractivity contribution >= 4 is 0 Å². The third kappa shape index (κ3) is 3.94. The maximum absolute atomic E-state index is 9.19. The number of hydrogen-bond donors (Lipinski definition) is 1. The maximum atomic E-state index is 9.19. The summed E-state index contributed by atoms with van der Waals surface area (Å²) in [6.45, 7) is 6.15. The molecule has 1 aliphatic carbocycles. The molecule has 2 saturated heterocycles. The van der Waals surface area contributed by atoms with Crippen molar-refractivity contribution in [3.05, 3.63) is 0 Å². The van der Waals surface area contributed by atoms with Gasteiger partial charge in [-0.2, -0.15) is 5.26 Å². The third-order valence-corrected chi connectivity index (χ3v) is 5.06. The highest BCUT2D eigenvalue weighted by Gasteiger charge is 2.29. The van der Waals surface area contributed by atoms with Crippen LogP contribution in [0.15, 0.2) is 0 Å². The van der Waals surface area contributed by atoms with E-state index in [0.717, 1.165) is 19.0 Å². The Morgan fingerprint density at radius 3 is 2.60 bits per heavy atom. The molecule has 4 nitrogen and oxygen atoms in total. The van der Waals surface area contributed by atoms with Crippen LogP contribution in [0.1, 0.15) is 44.9 Å². The lowest BCUT2D eigenvalue weighted by atomic mass is 10.1. The van der Waals surface area contributed by atoms with Crippen LogP contribution in [-0.2, 0) is 0 Å². The Bertz CT molecular complexity index is 341. The highest BCUT2D eigenvalue weighted by molar-refractivity contribution is 4.96. The van der Waals surface area contributed by atoms with Gasteiger partial charge < -0.3 is 4.90 Å².